The summed E-state index contributed by atoms with van der Waals surface area (Å²) in [6.07, 6.45) is 0. The van der Waals surface area contributed by atoms with E-state index in [4.69, 9.17) is 21.9 Å². The van der Waals surface area contributed by atoms with E-state index >= 15 is 0 Å². The molecule has 0 aliphatic carbocycles. The molecule has 0 unspecified atom stereocenters. The number of aryl methyl sites for hydroxylation is 1. The Morgan fingerprint density at radius 1 is 1.54 bits per heavy atom. The first-order valence-corrected chi connectivity index (χ1v) is 4.35. The Labute approximate surface area is 80.5 Å². The summed E-state index contributed by atoms with van der Waals surface area (Å²) >= 11 is 5.99. The maximum atomic E-state index is 5.99. The maximum Gasteiger partial charge on any atom is 0.173 e. The summed E-state index contributed by atoms with van der Waals surface area (Å²) in [7, 11) is 0. The van der Waals surface area contributed by atoms with Gasteiger partial charge < -0.3 is 10.3 Å². The van der Waals surface area contributed by atoms with Gasteiger partial charge in [-0.25, -0.2) is 0 Å². The first kappa shape index (κ1) is 8.53. The number of benzene rings is 1. The van der Waals surface area contributed by atoms with E-state index in [-0.39, 0.29) is 0 Å². The fourth-order valence-corrected chi connectivity index (χ4v) is 1.65. The third-order valence-corrected chi connectivity index (χ3v) is 2.36. The van der Waals surface area contributed by atoms with Crippen LogP contribution in [0.5, 0.6) is 0 Å². The molecule has 4 heteroatoms. The van der Waals surface area contributed by atoms with Crippen molar-refractivity contribution < 1.29 is 4.52 Å². The van der Waals surface area contributed by atoms with Crippen molar-refractivity contribution in [2.75, 3.05) is 0 Å². The highest BCUT2D eigenvalue weighted by atomic mass is 35.5. The molecule has 1 heterocycles. The average molecular weight is 197 g/mol. The van der Waals surface area contributed by atoms with Crippen molar-refractivity contribution >= 4 is 22.6 Å². The SMILES string of the molecule is Cc1noc2c(CN)ccc(Cl)c12. The molecule has 2 N–H and O–H groups in total. The molecule has 0 amide bonds. The molecule has 1 aromatic carbocycles. The Morgan fingerprint density at radius 3 is 3.00 bits per heavy atom. The van der Waals surface area contributed by atoms with Crippen LogP contribution in [0.1, 0.15) is 11.3 Å². The van der Waals surface area contributed by atoms with Gasteiger partial charge in [0, 0.05) is 12.1 Å². The third kappa shape index (κ3) is 1.20. The Hall–Kier alpha value is -1.06. The average Bonchev–Trinajstić information content (AvgIpc) is 2.50. The fraction of sp³-hybridized carbons (Fsp3) is 0.222. The molecule has 68 valence electrons. The number of aromatic nitrogens is 1. The van der Waals surface area contributed by atoms with Gasteiger partial charge in [0.1, 0.15) is 0 Å². The maximum absolute atomic E-state index is 5.99. The monoisotopic (exact) mass is 196 g/mol. The van der Waals surface area contributed by atoms with E-state index in [1.807, 2.05) is 19.1 Å². The lowest BCUT2D eigenvalue weighted by Gasteiger charge is -1.98. The topological polar surface area (TPSA) is 52.0 Å². The van der Waals surface area contributed by atoms with E-state index in [0.717, 1.165) is 16.6 Å². The molecule has 0 atom stereocenters. The Balaban J connectivity index is 2.87. The van der Waals surface area contributed by atoms with E-state index in [1.165, 1.54) is 0 Å². The van der Waals surface area contributed by atoms with Crippen molar-refractivity contribution in [2.24, 2.45) is 5.73 Å². The number of fused-ring (bicyclic) bond motifs is 1. The Bertz CT molecular complexity index is 450. The van der Waals surface area contributed by atoms with Crippen LogP contribution in [0, 0.1) is 6.92 Å². The smallest absolute Gasteiger partial charge is 0.173 e. The minimum atomic E-state index is 0.433. The van der Waals surface area contributed by atoms with Gasteiger partial charge in [-0.1, -0.05) is 22.8 Å². The van der Waals surface area contributed by atoms with Crippen molar-refractivity contribution in [3.63, 3.8) is 0 Å². The van der Waals surface area contributed by atoms with Crippen LogP contribution in [0.4, 0.5) is 0 Å². The van der Waals surface area contributed by atoms with Crippen LogP contribution in [-0.4, -0.2) is 5.16 Å². The van der Waals surface area contributed by atoms with Crippen LogP contribution >= 0.6 is 11.6 Å². The predicted octanol–water partition coefficient (Wildman–Crippen LogP) is 2.25. The quantitative estimate of drug-likeness (QED) is 0.761. The number of halogens is 1. The molecular formula is C9H9ClN2O. The van der Waals surface area contributed by atoms with E-state index in [1.54, 1.807) is 0 Å². The van der Waals surface area contributed by atoms with Crippen molar-refractivity contribution in [1.29, 1.82) is 0 Å². The summed E-state index contributed by atoms with van der Waals surface area (Å²) in [4.78, 5) is 0. The van der Waals surface area contributed by atoms with Gasteiger partial charge >= 0.3 is 0 Å². The second-order valence-corrected chi connectivity index (χ2v) is 3.29. The van der Waals surface area contributed by atoms with Gasteiger partial charge in [0.05, 0.1) is 16.1 Å². The molecule has 0 aliphatic rings. The van der Waals surface area contributed by atoms with Crippen LogP contribution < -0.4 is 5.73 Å². The summed E-state index contributed by atoms with van der Waals surface area (Å²) in [6, 6.07) is 3.67. The first-order valence-electron chi connectivity index (χ1n) is 3.97. The minimum Gasteiger partial charge on any atom is -0.356 e. The van der Waals surface area contributed by atoms with Gasteiger partial charge in [0.15, 0.2) is 5.58 Å². The Morgan fingerprint density at radius 2 is 2.31 bits per heavy atom. The van der Waals surface area contributed by atoms with Gasteiger partial charge in [-0.05, 0) is 13.0 Å². The molecule has 2 aromatic rings. The molecule has 0 bridgehead atoms. The molecule has 0 saturated heterocycles. The van der Waals surface area contributed by atoms with Crippen LogP contribution in [0.25, 0.3) is 11.0 Å². The van der Waals surface area contributed by atoms with Gasteiger partial charge in [-0.15, -0.1) is 0 Å². The zero-order valence-electron chi connectivity index (χ0n) is 7.17. The van der Waals surface area contributed by atoms with E-state index in [9.17, 15) is 0 Å². The van der Waals surface area contributed by atoms with Gasteiger partial charge in [-0.3, -0.25) is 0 Å². The lowest BCUT2D eigenvalue weighted by atomic mass is 10.1. The molecule has 2 rings (SSSR count). The van der Waals surface area contributed by atoms with Crippen molar-refractivity contribution in [2.45, 2.75) is 13.5 Å². The standard InChI is InChI=1S/C9H9ClN2O/c1-5-8-7(10)3-2-6(4-11)9(8)13-12-5/h2-3H,4,11H2,1H3. The van der Waals surface area contributed by atoms with Gasteiger partial charge in [0.2, 0.25) is 0 Å². The van der Waals surface area contributed by atoms with Crippen LogP contribution in [0.3, 0.4) is 0 Å². The second kappa shape index (κ2) is 3.01. The number of nitrogens with zero attached hydrogens (tertiary/aromatic N) is 1. The first-order chi connectivity index (χ1) is 6.24. The lowest BCUT2D eigenvalue weighted by molar-refractivity contribution is 0.448. The molecule has 0 saturated carbocycles. The molecule has 0 fully saturated rings. The zero-order chi connectivity index (χ0) is 9.42. The summed E-state index contributed by atoms with van der Waals surface area (Å²) in [5.41, 5.74) is 7.98. The number of nitrogens with two attached hydrogens (primary N) is 1. The van der Waals surface area contributed by atoms with E-state index < -0.39 is 0 Å². The third-order valence-electron chi connectivity index (χ3n) is 2.04. The van der Waals surface area contributed by atoms with Crippen molar-refractivity contribution in [3.8, 4) is 0 Å². The number of hydrogen-bond donors (Lipinski definition) is 1. The minimum absolute atomic E-state index is 0.433. The highest BCUT2D eigenvalue weighted by Gasteiger charge is 2.11. The summed E-state index contributed by atoms with van der Waals surface area (Å²) in [6.45, 7) is 2.29. The number of hydrogen-bond acceptors (Lipinski definition) is 3. The molecule has 13 heavy (non-hydrogen) atoms. The number of rotatable bonds is 1. The van der Waals surface area contributed by atoms with Gasteiger partial charge in [-0.2, -0.15) is 0 Å². The van der Waals surface area contributed by atoms with Crippen molar-refractivity contribution in [1.82, 2.24) is 5.16 Å². The largest absolute Gasteiger partial charge is 0.356 e. The summed E-state index contributed by atoms with van der Waals surface area (Å²) in [5, 5.41) is 5.37. The van der Waals surface area contributed by atoms with E-state index in [2.05, 4.69) is 5.16 Å². The zero-order valence-corrected chi connectivity index (χ0v) is 7.93. The summed E-state index contributed by atoms with van der Waals surface area (Å²) < 4.78 is 5.14. The highest BCUT2D eigenvalue weighted by Crippen LogP contribution is 2.28. The fourth-order valence-electron chi connectivity index (χ4n) is 1.36. The normalized spacial score (nSPS) is 11.0. The highest BCUT2D eigenvalue weighted by molar-refractivity contribution is 6.35. The molecule has 0 radical (unpaired) electrons. The van der Waals surface area contributed by atoms with Crippen LogP contribution in [-0.2, 0) is 6.54 Å². The molecule has 0 spiro atoms. The Kier molecular flexibility index (Phi) is 1.98. The van der Waals surface area contributed by atoms with Crippen LogP contribution in [0.2, 0.25) is 5.02 Å². The molecule has 1 aromatic heterocycles. The van der Waals surface area contributed by atoms with Gasteiger partial charge in [0.25, 0.3) is 0 Å². The molecule has 3 nitrogen and oxygen atoms in total. The second-order valence-electron chi connectivity index (χ2n) is 2.88. The lowest BCUT2D eigenvalue weighted by Crippen LogP contribution is -1.96. The van der Waals surface area contributed by atoms with Crippen molar-refractivity contribution in [3.05, 3.63) is 28.4 Å². The molecular weight excluding hydrogens is 188 g/mol. The van der Waals surface area contributed by atoms with E-state index in [0.29, 0.717) is 17.2 Å². The predicted molar refractivity (Wildman–Crippen MR) is 51.6 cm³/mol. The van der Waals surface area contributed by atoms with Crippen LogP contribution in [0.15, 0.2) is 16.7 Å². The molecule has 0 aliphatic heterocycles. The summed E-state index contributed by atoms with van der Waals surface area (Å²) in [5.74, 6) is 0.